The molecule has 2 rings (SSSR count). The molecule has 0 fully saturated rings. The third-order valence-electron chi connectivity index (χ3n) is 4.48. The van der Waals surface area contributed by atoms with Gasteiger partial charge in [0.15, 0.2) is 5.96 Å². The summed E-state index contributed by atoms with van der Waals surface area (Å²) in [4.78, 5) is 4.65. The summed E-state index contributed by atoms with van der Waals surface area (Å²) in [5.41, 5.74) is 3.46. The lowest BCUT2D eigenvalue weighted by atomic mass is 10.0. The van der Waals surface area contributed by atoms with E-state index < -0.39 is 0 Å². The first-order valence-electron chi connectivity index (χ1n) is 9.49. The molecule has 0 saturated carbocycles. The van der Waals surface area contributed by atoms with Crippen molar-refractivity contribution < 1.29 is 9.84 Å². The number of nitrogens with zero attached hydrogens (tertiary/aromatic N) is 1. The maximum absolute atomic E-state index is 9.70. The Bertz CT molecular complexity index is 717. The van der Waals surface area contributed by atoms with Crippen LogP contribution in [0.5, 0.6) is 5.75 Å². The van der Waals surface area contributed by atoms with Crippen LogP contribution in [0.15, 0.2) is 53.5 Å². The summed E-state index contributed by atoms with van der Waals surface area (Å²) in [5, 5.41) is 16.3. The fraction of sp³-hybridized carbons (Fsp3) is 0.409. The Balaban J connectivity index is 1.93. The molecule has 0 aliphatic carbocycles. The van der Waals surface area contributed by atoms with Crippen molar-refractivity contribution >= 4 is 5.96 Å². The number of hydrogen-bond acceptors (Lipinski definition) is 3. The van der Waals surface area contributed by atoms with Crippen LogP contribution in [0.2, 0.25) is 0 Å². The van der Waals surface area contributed by atoms with E-state index in [4.69, 9.17) is 4.74 Å². The van der Waals surface area contributed by atoms with Gasteiger partial charge < -0.3 is 20.5 Å². The van der Waals surface area contributed by atoms with Gasteiger partial charge in [-0.25, -0.2) is 0 Å². The summed E-state index contributed by atoms with van der Waals surface area (Å²) in [5.74, 6) is 1.69. The van der Waals surface area contributed by atoms with E-state index in [1.54, 1.807) is 7.11 Å². The third kappa shape index (κ3) is 6.61. The normalized spacial score (nSPS) is 12.5. The minimum atomic E-state index is 0.00279. The van der Waals surface area contributed by atoms with Crippen LogP contribution < -0.4 is 15.4 Å². The average molecular weight is 370 g/mol. The molecule has 146 valence electrons. The molecule has 2 aromatic rings. The first-order chi connectivity index (χ1) is 13.2. The molecule has 27 heavy (non-hydrogen) atoms. The van der Waals surface area contributed by atoms with E-state index in [9.17, 15) is 5.11 Å². The van der Waals surface area contributed by atoms with Crippen molar-refractivity contribution in [2.24, 2.45) is 4.99 Å². The number of ether oxygens (including phenoxy) is 1. The molecule has 1 atom stereocenters. The van der Waals surface area contributed by atoms with Crippen molar-refractivity contribution in [2.45, 2.75) is 26.2 Å². The van der Waals surface area contributed by atoms with Gasteiger partial charge in [-0.2, -0.15) is 0 Å². The molecule has 1 unspecified atom stereocenters. The van der Waals surface area contributed by atoms with Crippen LogP contribution in [0.1, 0.15) is 29.5 Å². The lowest BCUT2D eigenvalue weighted by Gasteiger charge is -2.15. The van der Waals surface area contributed by atoms with Gasteiger partial charge in [-0.1, -0.05) is 42.5 Å². The molecule has 0 aromatic heterocycles. The third-order valence-corrected chi connectivity index (χ3v) is 4.48. The molecule has 0 spiro atoms. The standard InChI is InChI=1S/C22H31N3O2/c1-4-23-22(25-15-20(16-26)19-8-6-5-7-9-19)24-13-12-18-11-10-17(2)21(14-18)27-3/h5-11,14,20,26H,4,12-13,15-16H2,1-3H3,(H2,23,24,25). The molecule has 3 N–H and O–H groups in total. The van der Waals surface area contributed by atoms with E-state index in [1.165, 1.54) is 5.56 Å². The van der Waals surface area contributed by atoms with E-state index in [2.05, 4.69) is 33.8 Å². The molecule has 5 heteroatoms. The zero-order valence-electron chi connectivity index (χ0n) is 16.5. The van der Waals surface area contributed by atoms with E-state index in [0.717, 1.165) is 42.3 Å². The van der Waals surface area contributed by atoms with Crippen LogP contribution in [0.25, 0.3) is 0 Å². The molecular formula is C22H31N3O2. The van der Waals surface area contributed by atoms with Crippen molar-refractivity contribution in [3.8, 4) is 5.75 Å². The number of aliphatic hydroxyl groups is 1. The molecule has 0 bridgehead atoms. The van der Waals surface area contributed by atoms with E-state index in [0.29, 0.717) is 6.54 Å². The second kappa shape index (κ2) is 11.2. The fourth-order valence-corrected chi connectivity index (χ4v) is 2.88. The van der Waals surface area contributed by atoms with E-state index in [1.807, 2.05) is 44.2 Å². The van der Waals surface area contributed by atoms with Gasteiger partial charge in [0.2, 0.25) is 0 Å². The number of rotatable bonds is 9. The smallest absolute Gasteiger partial charge is 0.191 e. The van der Waals surface area contributed by atoms with Crippen LogP contribution in [0.4, 0.5) is 0 Å². The highest BCUT2D eigenvalue weighted by Gasteiger charge is 2.10. The summed E-state index contributed by atoms with van der Waals surface area (Å²) >= 11 is 0. The van der Waals surface area contributed by atoms with Crippen LogP contribution in [-0.4, -0.2) is 44.4 Å². The summed E-state index contributed by atoms with van der Waals surface area (Å²) < 4.78 is 5.39. The Kier molecular flexibility index (Phi) is 8.65. The van der Waals surface area contributed by atoms with Gasteiger partial charge >= 0.3 is 0 Å². The maximum atomic E-state index is 9.70. The predicted octanol–water partition coefficient (Wildman–Crippen LogP) is 2.88. The van der Waals surface area contributed by atoms with Crippen LogP contribution in [0.3, 0.4) is 0 Å². The van der Waals surface area contributed by atoms with Crippen LogP contribution >= 0.6 is 0 Å². The molecule has 5 nitrogen and oxygen atoms in total. The van der Waals surface area contributed by atoms with Gasteiger partial charge in [0.1, 0.15) is 5.75 Å². The van der Waals surface area contributed by atoms with Gasteiger partial charge in [-0.05, 0) is 43.0 Å². The predicted molar refractivity (Wildman–Crippen MR) is 112 cm³/mol. The van der Waals surface area contributed by atoms with Crippen molar-refractivity contribution in [1.29, 1.82) is 0 Å². The number of aliphatic hydroxyl groups excluding tert-OH is 1. The second-order valence-electron chi connectivity index (χ2n) is 6.49. The van der Waals surface area contributed by atoms with Gasteiger partial charge in [0.25, 0.3) is 0 Å². The summed E-state index contributed by atoms with van der Waals surface area (Å²) in [6.45, 7) is 6.26. The molecule has 0 radical (unpaired) electrons. The highest BCUT2D eigenvalue weighted by atomic mass is 16.5. The second-order valence-corrected chi connectivity index (χ2v) is 6.49. The number of benzene rings is 2. The Morgan fingerprint density at radius 1 is 1.15 bits per heavy atom. The number of methoxy groups -OCH3 is 1. The van der Waals surface area contributed by atoms with Crippen molar-refractivity contribution in [3.05, 3.63) is 65.2 Å². The monoisotopic (exact) mass is 369 g/mol. The minimum absolute atomic E-state index is 0.00279. The molecule has 0 aliphatic rings. The first-order valence-corrected chi connectivity index (χ1v) is 9.49. The fourth-order valence-electron chi connectivity index (χ4n) is 2.88. The Morgan fingerprint density at radius 3 is 2.59 bits per heavy atom. The quantitative estimate of drug-likeness (QED) is 0.470. The lowest BCUT2D eigenvalue weighted by molar-refractivity contribution is 0.268. The SMILES string of the molecule is CCNC(=NCC(CO)c1ccccc1)NCCc1ccc(C)c(OC)c1. The number of aryl methyl sites for hydroxylation is 1. The first kappa shape index (κ1) is 20.8. The molecule has 0 saturated heterocycles. The van der Waals surface area contributed by atoms with Gasteiger partial charge in [-0.15, -0.1) is 0 Å². The van der Waals surface area contributed by atoms with Crippen molar-refractivity contribution in [3.63, 3.8) is 0 Å². The minimum Gasteiger partial charge on any atom is -0.496 e. The number of guanidine groups is 1. The lowest BCUT2D eigenvalue weighted by Crippen LogP contribution is -2.38. The highest BCUT2D eigenvalue weighted by molar-refractivity contribution is 5.79. The van der Waals surface area contributed by atoms with E-state index in [-0.39, 0.29) is 12.5 Å². The summed E-state index contributed by atoms with van der Waals surface area (Å²) in [7, 11) is 1.70. The van der Waals surface area contributed by atoms with Crippen LogP contribution in [0, 0.1) is 6.92 Å². The van der Waals surface area contributed by atoms with Gasteiger partial charge in [0, 0.05) is 19.0 Å². The highest BCUT2D eigenvalue weighted by Crippen LogP contribution is 2.19. The van der Waals surface area contributed by atoms with E-state index >= 15 is 0 Å². The molecule has 2 aromatic carbocycles. The number of nitrogens with one attached hydrogen (secondary N) is 2. The average Bonchev–Trinajstić information content (AvgIpc) is 2.70. The maximum Gasteiger partial charge on any atom is 0.191 e. The number of hydrogen-bond donors (Lipinski definition) is 3. The molecule has 0 aliphatic heterocycles. The zero-order chi connectivity index (χ0) is 19.5. The van der Waals surface area contributed by atoms with Gasteiger partial charge in [-0.3, -0.25) is 4.99 Å². The molecule has 0 amide bonds. The van der Waals surface area contributed by atoms with Crippen molar-refractivity contribution in [1.82, 2.24) is 10.6 Å². The Morgan fingerprint density at radius 2 is 1.93 bits per heavy atom. The Hall–Kier alpha value is -2.53. The van der Waals surface area contributed by atoms with Crippen molar-refractivity contribution in [2.75, 3.05) is 33.4 Å². The molecule has 0 heterocycles. The topological polar surface area (TPSA) is 65.9 Å². The zero-order valence-corrected chi connectivity index (χ0v) is 16.5. The largest absolute Gasteiger partial charge is 0.496 e. The Labute approximate surface area is 162 Å². The summed E-state index contributed by atoms with van der Waals surface area (Å²) in [6.07, 6.45) is 0.878. The van der Waals surface area contributed by atoms with Gasteiger partial charge in [0.05, 0.1) is 20.3 Å². The molecular weight excluding hydrogens is 338 g/mol. The van der Waals surface area contributed by atoms with Crippen LogP contribution in [-0.2, 0) is 6.42 Å². The number of aliphatic imine (C=N–C) groups is 1. The summed E-state index contributed by atoms with van der Waals surface area (Å²) in [6, 6.07) is 16.3.